The van der Waals surface area contributed by atoms with Crippen LogP contribution in [-0.2, 0) is 16.0 Å². The number of likely N-dealkylation sites (tertiary alicyclic amines) is 1. The molecule has 1 saturated heterocycles. The van der Waals surface area contributed by atoms with Gasteiger partial charge in [-0.05, 0) is 37.0 Å². The van der Waals surface area contributed by atoms with Crippen LogP contribution in [0.2, 0.25) is 10.0 Å². The number of carboxylic acid groups (broad SMARTS) is 1. The third-order valence-electron chi connectivity index (χ3n) is 5.65. The van der Waals surface area contributed by atoms with E-state index in [0.29, 0.717) is 35.5 Å². The Labute approximate surface area is 225 Å². The van der Waals surface area contributed by atoms with Crippen molar-refractivity contribution in [2.75, 3.05) is 13.1 Å². The zero-order valence-electron chi connectivity index (χ0n) is 19.9. The SMILES string of the molecule is O=C(O)[C@@H]1CCN(C(=O)C(=[C-]CCCCCCc2cccc(Cl)c2)c2[c-]ccc(Cl)c2)C1.[CH3-].[Li+]. The van der Waals surface area contributed by atoms with Crippen LogP contribution >= 0.6 is 23.2 Å². The van der Waals surface area contributed by atoms with Crippen LogP contribution in [-0.4, -0.2) is 35.0 Å². The summed E-state index contributed by atoms with van der Waals surface area (Å²) in [7, 11) is 0. The molecular weight excluding hydrogens is 464 g/mol. The van der Waals surface area contributed by atoms with Crippen LogP contribution in [0, 0.1) is 25.5 Å². The van der Waals surface area contributed by atoms with Gasteiger partial charge in [-0.1, -0.05) is 54.4 Å². The number of benzene rings is 2. The molecule has 1 N–H and O–H groups in total. The van der Waals surface area contributed by atoms with Crippen LogP contribution < -0.4 is 18.9 Å². The first-order valence-corrected chi connectivity index (χ1v) is 11.7. The zero-order chi connectivity index (χ0) is 22.9. The molecule has 7 heteroatoms. The van der Waals surface area contributed by atoms with Gasteiger partial charge in [0.15, 0.2) is 0 Å². The molecule has 1 aliphatic heterocycles. The van der Waals surface area contributed by atoms with Gasteiger partial charge in [0, 0.05) is 18.1 Å². The molecule has 178 valence electrons. The van der Waals surface area contributed by atoms with E-state index in [0.717, 1.165) is 37.1 Å². The number of unbranched alkanes of at least 4 members (excludes halogenated alkanes) is 4. The second-order valence-corrected chi connectivity index (χ2v) is 8.96. The summed E-state index contributed by atoms with van der Waals surface area (Å²) in [6.45, 7) is 0.661. The molecule has 0 saturated carbocycles. The average molecular weight is 494 g/mol. The molecule has 0 aliphatic carbocycles. The number of halogens is 2. The maximum Gasteiger partial charge on any atom is 1.00 e. The third-order valence-corrected chi connectivity index (χ3v) is 6.12. The number of allylic oxidation sites excluding steroid dienone is 1. The standard InChI is InChI=1S/C26H27Cl2NO3.CH3.Li/c27-22-11-6-9-19(16-22)8-4-2-1-3-5-13-24(20-10-7-12-23(28)17-20)25(30)29-15-14-21(18-29)26(31)32;;/h6-7,9,11-12,16-17,21H,1-5,8,14-15,18H2,(H,31,32);1H3;/q-2;-1;+1/t21-;;/m1../s1. The van der Waals surface area contributed by atoms with E-state index in [1.165, 1.54) is 5.56 Å². The summed E-state index contributed by atoms with van der Waals surface area (Å²) in [5, 5.41) is 10.5. The molecule has 0 bridgehead atoms. The Morgan fingerprint density at radius 1 is 1.09 bits per heavy atom. The number of rotatable bonds is 10. The number of hydrogen-bond donors (Lipinski definition) is 1. The Morgan fingerprint density at radius 2 is 1.82 bits per heavy atom. The molecule has 1 fully saturated rings. The number of aliphatic carboxylic acids is 1. The maximum absolute atomic E-state index is 13.1. The third kappa shape index (κ3) is 9.15. The summed E-state index contributed by atoms with van der Waals surface area (Å²) >= 11 is 12.2. The van der Waals surface area contributed by atoms with E-state index < -0.39 is 11.9 Å². The molecule has 1 amide bonds. The first-order valence-electron chi connectivity index (χ1n) is 11.0. The summed E-state index contributed by atoms with van der Waals surface area (Å²) in [4.78, 5) is 26.0. The van der Waals surface area contributed by atoms with Gasteiger partial charge in [-0.3, -0.25) is 4.79 Å². The Morgan fingerprint density at radius 3 is 2.50 bits per heavy atom. The van der Waals surface area contributed by atoms with Gasteiger partial charge >= 0.3 is 24.8 Å². The van der Waals surface area contributed by atoms with Crippen molar-refractivity contribution in [1.29, 1.82) is 0 Å². The van der Waals surface area contributed by atoms with Crippen molar-refractivity contribution in [3.8, 4) is 0 Å². The molecule has 0 radical (unpaired) electrons. The minimum atomic E-state index is -0.859. The molecule has 2 aromatic carbocycles. The molecule has 1 heterocycles. The van der Waals surface area contributed by atoms with E-state index in [1.807, 2.05) is 18.2 Å². The van der Waals surface area contributed by atoms with E-state index in [4.69, 9.17) is 23.2 Å². The maximum atomic E-state index is 13.1. The number of carbonyl (C=O) groups excluding carboxylic acids is 1. The molecular formula is C27H30Cl2LiNO3-2. The second-order valence-electron chi connectivity index (χ2n) is 8.09. The predicted octanol–water partition coefficient (Wildman–Crippen LogP) is 3.56. The molecule has 3 rings (SSSR count). The predicted molar refractivity (Wildman–Crippen MR) is 134 cm³/mol. The number of carbonyl (C=O) groups is 2. The van der Waals surface area contributed by atoms with Gasteiger partial charge in [-0.15, -0.1) is 17.7 Å². The molecule has 4 nitrogen and oxygen atoms in total. The van der Waals surface area contributed by atoms with Crippen molar-refractivity contribution in [2.24, 2.45) is 5.92 Å². The number of hydrogen-bond acceptors (Lipinski definition) is 2. The molecule has 0 aromatic heterocycles. The molecule has 1 aliphatic rings. The van der Waals surface area contributed by atoms with E-state index in [1.54, 1.807) is 23.1 Å². The smallest absolute Gasteiger partial charge is 0.481 e. The fourth-order valence-corrected chi connectivity index (χ4v) is 4.27. The Hall–Kier alpha value is -1.70. The van der Waals surface area contributed by atoms with Crippen LogP contribution in [0.5, 0.6) is 0 Å². The molecule has 1 atom stereocenters. The number of aryl methyl sites for hydroxylation is 1. The van der Waals surface area contributed by atoms with Crippen LogP contribution in [0.25, 0.3) is 5.57 Å². The monoisotopic (exact) mass is 493 g/mol. The van der Waals surface area contributed by atoms with Gasteiger partial charge in [-0.25, -0.2) is 23.3 Å². The topological polar surface area (TPSA) is 57.6 Å². The summed E-state index contributed by atoms with van der Waals surface area (Å²) in [6.07, 6.45) is 9.53. The largest absolute Gasteiger partial charge is 1.00 e. The van der Waals surface area contributed by atoms with Gasteiger partial charge in [0.2, 0.25) is 0 Å². The van der Waals surface area contributed by atoms with Crippen LogP contribution in [0.3, 0.4) is 0 Å². The summed E-state index contributed by atoms with van der Waals surface area (Å²) in [6, 6.07) is 16.1. The van der Waals surface area contributed by atoms with E-state index >= 15 is 0 Å². The Kier molecular flexibility index (Phi) is 13.7. The zero-order valence-corrected chi connectivity index (χ0v) is 21.5. The van der Waals surface area contributed by atoms with Crippen molar-refractivity contribution in [1.82, 2.24) is 4.90 Å². The normalized spacial score (nSPS) is 15.4. The first-order chi connectivity index (χ1) is 15.4. The van der Waals surface area contributed by atoms with Crippen LogP contribution in [0.4, 0.5) is 0 Å². The summed E-state index contributed by atoms with van der Waals surface area (Å²) in [5.41, 5.74) is 2.28. The molecule has 0 unspecified atom stereocenters. The van der Waals surface area contributed by atoms with Gasteiger partial charge in [0.25, 0.3) is 0 Å². The Bertz CT molecular complexity index is 980. The fourth-order valence-electron chi connectivity index (χ4n) is 3.89. The van der Waals surface area contributed by atoms with Gasteiger partial charge in [0.05, 0.1) is 11.8 Å². The minimum absolute atomic E-state index is 0. The number of amides is 1. The van der Waals surface area contributed by atoms with Crippen LogP contribution in [0.1, 0.15) is 49.7 Å². The fraction of sp³-hybridized carbons (Fsp3) is 0.370. The van der Waals surface area contributed by atoms with Gasteiger partial charge in [-0.2, -0.15) is 12.1 Å². The van der Waals surface area contributed by atoms with Crippen molar-refractivity contribution in [3.05, 3.63) is 83.2 Å². The van der Waals surface area contributed by atoms with Gasteiger partial charge in [0.1, 0.15) is 0 Å². The summed E-state index contributed by atoms with van der Waals surface area (Å²) in [5.74, 6) is -1.57. The molecule has 0 spiro atoms. The van der Waals surface area contributed by atoms with Gasteiger partial charge < -0.3 is 22.2 Å². The molecule has 2 aromatic rings. The minimum Gasteiger partial charge on any atom is -0.481 e. The van der Waals surface area contributed by atoms with E-state index in [9.17, 15) is 14.7 Å². The molecule has 34 heavy (non-hydrogen) atoms. The number of carboxylic acids is 1. The van der Waals surface area contributed by atoms with E-state index in [2.05, 4.69) is 18.2 Å². The van der Waals surface area contributed by atoms with E-state index in [-0.39, 0.29) is 38.7 Å². The quantitative estimate of drug-likeness (QED) is 0.238. The second kappa shape index (κ2) is 15.3. The van der Waals surface area contributed by atoms with Crippen molar-refractivity contribution in [2.45, 2.75) is 44.9 Å². The van der Waals surface area contributed by atoms with Crippen molar-refractivity contribution < 1.29 is 33.6 Å². The number of nitrogens with zero attached hydrogens (tertiary/aromatic N) is 1. The average Bonchev–Trinajstić information content (AvgIpc) is 3.26. The Balaban J connectivity index is 0.00000289. The van der Waals surface area contributed by atoms with Crippen molar-refractivity contribution in [3.63, 3.8) is 0 Å². The summed E-state index contributed by atoms with van der Waals surface area (Å²) < 4.78 is 0. The van der Waals surface area contributed by atoms with Crippen molar-refractivity contribution >= 4 is 40.7 Å². The first kappa shape index (κ1) is 30.3. The van der Waals surface area contributed by atoms with Crippen LogP contribution in [0.15, 0.2) is 42.5 Å².